The third-order valence-electron chi connectivity index (χ3n) is 5.26. The lowest BCUT2D eigenvalue weighted by molar-refractivity contribution is 0.0468. The van der Waals surface area contributed by atoms with Crippen LogP contribution in [0.5, 0.6) is 5.75 Å². The molecule has 0 saturated carbocycles. The molecule has 0 amide bonds. The topological polar surface area (TPSA) is 85.8 Å². The molecular formula is C26H24N2O5S2. The minimum atomic E-state index is -3.94. The van der Waals surface area contributed by atoms with Crippen molar-refractivity contribution in [1.82, 2.24) is 9.29 Å². The van der Waals surface area contributed by atoms with Gasteiger partial charge >= 0.3 is 5.97 Å². The molecule has 0 bridgehead atoms. The summed E-state index contributed by atoms with van der Waals surface area (Å²) in [5.74, 6) is -0.502. The lowest BCUT2D eigenvalue weighted by Crippen LogP contribution is -2.27. The fraction of sp³-hybridized carbons (Fsp3) is 0.154. The fourth-order valence-electron chi connectivity index (χ4n) is 3.41. The van der Waals surface area contributed by atoms with Crippen LogP contribution in [0, 0.1) is 0 Å². The van der Waals surface area contributed by atoms with Crippen LogP contribution >= 0.6 is 11.3 Å². The summed E-state index contributed by atoms with van der Waals surface area (Å²) in [7, 11) is -1.07. The van der Waals surface area contributed by atoms with Crippen LogP contribution in [-0.4, -0.2) is 37.8 Å². The van der Waals surface area contributed by atoms with Crippen LogP contribution in [-0.2, 0) is 27.9 Å². The van der Waals surface area contributed by atoms with Crippen molar-refractivity contribution in [3.8, 4) is 16.3 Å². The predicted molar refractivity (Wildman–Crippen MR) is 135 cm³/mol. The van der Waals surface area contributed by atoms with Gasteiger partial charge in [-0.15, -0.1) is 11.3 Å². The monoisotopic (exact) mass is 508 g/mol. The van der Waals surface area contributed by atoms with E-state index in [4.69, 9.17) is 9.47 Å². The Bertz CT molecular complexity index is 1400. The summed E-state index contributed by atoms with van der Waals surface area (Å²) < 4.78 is 38.5. The average molecular weight is 509 g/mol. The normalized spacial score (nSPS) is 11.4. The Morgan fingerprint density at radius 3 is 2.37 bits per heavy atom. The molecule has 180 valence electrons. The van der Waals surface area contributed by atoms with Crippen LogP contribution < -0.4 is 4.74 Å². The summed E-state index contributed by atoms with van der Waals surface area (Å²) in [5, 5.41) is 2.66. The highest BCUT2D eigenvalue weighted by Gasteiger charge is 2.26. The second-order valence-electron chi connectivity index (χ2n) is 7.70. The van der Waals surface area contributed by atoms with Gasteiger partial charge in [-0.25, -0.2) is 18.2 Å². The fourth-order valence-corrected chi connectivity index (χ4v) is 5.55. The second-order valence-corrected chi connectivity index (χ2v) is 10.6. The molecule has 0 spiro atoms. The van der Waals surface area contributed by atoms with Crippen molar-refractivity contribution in [2.24, 2.45) is 0 Å². The molecule has 0 aliphatic heterocycles. The lowest BCUT2D eigenvalue weighted by atomic mass is 10.2. The van der Waals surface area contributed by atoms with Gasteiger partial charge in [0, 0.05) is 24.5 Å². The van der Waals surface area contributed by atoms with Gasteiger partial charge in [-0.05, 0) is 23.8 Å². The van der Waals surface area contributed by atoms with Crippen LogP contribution in [0.3, 0.4) is 0 Å². The molecule has 1 aromatic heterocycles. The number of hydrogen-bond acceptors (Lipinski definition) is 7. The molecule has 0 saturated heterocycles. The Kier molecular flexibility index (Phi) is 7.60. The highest BCUT2D eigenvalue weighted by molar-refractivity contribution is 7.89. The van der Waals surface area contributed by atoms with Gasteiger partial charge < -0.3 is 9.47 Å². The Morgan fingerprint density at radius 1 is 1.00 bits per heavy atom. The van der Waals surface area contributed by atoms with Crippen molar-refractivity contribution in [3.05, 3.63) is 101 Å². The zero-order valence-electron chi connectivity index (χ0n) is 19.2. The van der Waals surface area contributed by atoms with Crippen molar-refractivity contribution in [2.75, 3.05) is 14.2 Å². The van der Waals surface area contributed by atoms with Crippen molar-refractivity contribution >= 4 is 27.3 Å². The number of hydrogen-bond donors (Lipinski definition) is 0. The standard InChI is InChI=1S/C26H24N2O5S2/c1-28(16-19-9-5-3-6-10-19)35(30,31)24-15-21(13-14-23(24)32-2)26(29)33-17-22-18-34-25(27-22)20-11-7-4-8-12-20/h3-15,18H,16-17H2,1-2H3. The maximum Gasteiger partial charge on any atom is 0.338 e. The van der Waals surface area contributed by atoms with Crippen molar-refractivity contribution < 1.29 is 22.7 Å². The molecule has 7 nitrogen and oxygen atoms in total. The van der Waals surface area contributed by atoms with Crippen LogP contribution in [0.15, 0.2) is 89.1 Å². The number of aromatic nitrogens is 1. The number of carbonyl (C=O) groups excluding carboxylic acids is 1. The second kappa shape index (κ2) is 10.8. The van der Waals surface area contributed by atoms with Gasteiger partial charge in [0.25, 0.3) is 0 Å². The highest BCUT2D eigenvalue weighted by atomic mass is 32.2. The molecule has 0 unspecified atom stereocenters. The molecule has 3 aromatic carbocycles. The Balaban J connectivity index is 1.50. The van der Waals surface area contributed by atoms with Crippen LogP contribution in [0.4, 0.5) is 0 Å². The molecule has 35 heavy (non-hydrogen) atoms. The summed E-state index contributed by atoms with van der Waals surface area (Å²) in [6.07, 6.45) is 0. The number of thiazole rings is 1. The van der Waals surface area contributed by atoms with Gasteiger partial charge in [-0.2, -0.15) is 4.31 Å². The first kappa shape index (κ1) is 24.6. The predicted octanol–water partition coefficient (Wildman–Crippen LogP) is 5.00. The third-order valence-corrected chi connectivity index (χ3v) is 8.02. The van der Waals surface area contributed by atoms with Gasteiger partial charge in [0.1, 0.15) is 22.3 Å². The molecule has 0 N–H and O–H groups in total. The Labute approximate surface area is 208 Å². The first-order valence-corrected chi connectivity index (χ1v) is 13.1. The number of esters is 1. The van der Waals surface area contributed by atoms with Crippen molar-refractivity contribution in [1.29, 1.82) is 0 Å². The van der Waals surface area contributed by atoms with E-state index in [9.17, 15) is 13.2 Å². The van der Waals surface area contributed by atoms with Crippen molar-refractivity contribution in [3.63, 3.8) is 0 Å². The Hall–Kier alpha value is -3.53. The minimum absolute atomic E-state index is 0.0236. The summed E-state index contributed by atoms with van der Waals surface area (Å²) in [4.78, 5) is 17.1. The quantitative estimate of drug-likeness (QED) is 0.296. The summed E-state index contributed by atoms with van der Waals surface area (Å²) in [5.41, 5.74) is 2.55. The summed E-state index contributed by atoms with van der Waals surface area (Å²) in [6.45, 7) is 0.152. The molecule has 4 rings (SSSR count). The van der Waals surface area contributed by atoms with E-state index in [1.54, 1.807) is 0 Å². The van der Waals surface area contributed by atoms with E-state index in [0.717, 1.165) is 16.1 Å². The zero-order valence-corrected chi connectivity index (χ0v) is 20.9. The number of rotatable bonds is 9. The van der Waals surface area contributed by atoms with Crippen LogP contribution in [0.2, 0.25) is 0 Å². The smallest absolute Gasteiger partial charge is 0.338 e. The number of ether oxygens (including phenoxy) is 2. The van der Waals surface area contributed by atoms with E-state index in [1.165, 1.54) is 48.0 Å². The van der Waals surface area contributed by atoms with E-state index < -0.39 is 16.0 Å². The summed E-state index contributed by atoms with van der Waals surface area (Å²) >= 11 is 1.46. The maximum atomic E-state index is 13.3. The Morgan fingerprint density at radius 2 is 1.69 bits per heavy atom. The number of methoxy groups -OCH3 is 1. The SMILES string of the molecule is COc1ccc(C(=O)OCc2csc(-c3ccccc3)n2)cc1S(=O)(=O)N(C)Cc1ccccc1. The number of nitrogens with zero attached hydrogens (tertiary/aromatic N) is 2. The first-order valence-electron chi connectivity index (χ1n) is 10.7. The van der Waals surface area contributed by atoms with Crippen LogP contribution in [0.25, 0.3) is 10.6 Å². The molecule has 4 aromatic rings. The van der Waals surface area contributed by atoms with Gasteiger partial charge in [0.05, 0.1) is 18.4 Å². The number of benzene rings is 3. The average Bonchev–Trinajstić information content (AvgIpc) is 3.37. The van der Waals surface area contributed by atoms with E-state index in [-0.39, 0.29) is 29.4 Å². The van der Waals surface area contributed by atoms with E-state index >= 15 is 0 Å². The molecule has 1 heterocycles. The lowest BCUT2D eigenvalue weighted by Gasteiger charge is -2.19. The minimum Gasteiger partial charge on any atom is -0.495 e. The molecule has 9 heteroatoms. The third kappa shape index (κ3) is 5.76. The number of carbonyl (C=O) groups is 1. The van der Waals surface area contributed by atoms with Gasteiger partial charge in [0.15, 0.2) is 0 Å². The van der Waals surface area contributed by atoms with Gasteiger partial charge in [-0.1, -0.05) is 60.7 Å². The van der Waals surface area contributed by atoms with Crippen molar-refractivity contribution in [2.45, 2.75) is 18.0 Å². The van der Waals surface area contributed by atoms with E-state index in [0.29, 0.717) is 5.69 Å². The van der Waals surface area contributed by atoms with Gasteiger partial charge in [0.2, 0.25) is 10.0 Å². The van der Waals surface area contributed by atoms with E-state index in [2.05, 4.69) is 4.98 Å². The molecule has 0 aliphatic carbocycles. The first-order chi connectivity index (χ1) is 16.9. The van der Waals surface area contributed by atoms with E-state index in [1.807, 2.05) is 66.0 Å². The number of sulfonamides is 1. The largest absolute Gasteiger partial charge is 0.495 e. The highest BCUT2D eigenvalue weighted by Crippen LogP contribution is 2.29. The molecular weight excluding hydrogens is 484 g/mol. The maximum absolute atomic E-state index is 13.3. The molecule has 0 atom stereocenters. The molecule has 0 radical (unpaired) electrons. The molecule has 0 fully saturated rings. The summed E-state index contributed by atoms with van der Waals surface area (Å²) in [6, 6.07) is 23.2. The molecule has 0 aliphatic rings. The van der Waals surface area contributed by atoms with Gasteiger partial charge in [-0.3, -0.25) is 0 Å². The zero-order chi connectivity index (χ0) is 24.8. The van der Waals surface area contributed by atoms with Crippen LogP contribution in [0.1, 0.15) is 21.6 Å².